The lowest BCUT2D eigenvalue weighted by molar-refractivity contribution is -0.385. The van der Waals surface area contributed by atoms with Crippen molar-refractivity contribution in [1.29, 1.82) is 0 Å². The van der Waals surface area contributed by atoms with Gasteiger partial charge < -0.3 is 48.3 Å². The number of rotatable bonds is 17. The summed E-state index contributed by atoms with van der Waals surface area (Å²) in [5.74, 6) is 0.194. The van der Waals surface area contributed by atoms with E-state index in [1.165, 1.54) is 114 Å². The zero-order valence-corrected chi connectivity index (χ0v) is 42.5. The van der Waals surface area contributed by atoms with Crippen molar-refractivity contribution in [3.8, 4) is 0 Å². The van der Waals surface area contributed by atoms with Crippen LogP contribution in [0.2, 0.25) is 0 Å². The summed E-state index contributed by atoms with van der Waals surface area (Å²) in [6.07, 6.45) is 10.5. The van der Waals surface area contributed by atoms with Crippen LogP contribution in [0.15, 0.2) is 70.1 Å². The monoisotopic (exact) mass is 1090 g/mol. The molecule has 22 nitrogen and oxygen atoms in total. The number of hydrogen-bond acceptors (Lipinski definition) is 26. The van der Waals surface area contributed by atoms with Gasteiger partial charge in [0.1, 0.15) is 62.0 Å². The second kappa shape index (κ2) is 30.0. The van der Waals surface area contributed by atoms with Gasteiger partial charge >= 0.3 is 0 Å². The van der Waals surface area contributed by atoms with Crippen LogP contribution < -0.4 is 0 Å². The fraction of sp³-hybridized carbons (Fsp3) is 0.550. The van der Waals surface area contributed by atoms with E-state index in [0.717, 1.165) is 64.2 Å². The summed E-state index contributed by atoms with van der Waals surface area (Å²) in [4.78, 5) is 73.9. The molecule has 29 heteroatoms. The maximum absolute atomic E-state index is 11.1. The molecule has 0 aliphatic carbocycles. The highest BCUT2D eigenvalue weighted by atomic mass is 33.1. The number of carbonyl (C=O) groups is 3. The summed E-state index contributed by atoms with van der Waals surface area (Å²) < 4.78 is 24.3. The quantitative estimate of drug-likeness (QED) is 0.0436. The van der Waals surface area contributed by atoms with Gasteiger partial charge in [-0.25, -0.2) is 15.0 Å². The van der Waals surface area contributed by atoms with Gasteiger partial charge in [-0.3, -0.25) is 30.3 Å². The molecule has 8 rings (SSSR count). The lowest BCUT2D eigenvalue weighted by Gasteiger charge is -2.24. The number of carbonyl (C=O) groups excluding carboxylic acids is 3. The van der Waals surface area contributed by atoms with Crippen LogP contribution in [0.4, 0.5) is 17.1 Å². The Labute approximate surface area is 425 Å². The van der Waals surface area contributed by atoms with E-state index in [9.17, 15) is 49.8 Å². The van der Waals surface area contributed by atoms with Crippen molar-refractivity contribution in [2.45, 2.75) is 66.2 Å². The van der Waals surface area contributed by atoms with Crippen LogP contribution in [-0.4, -0.2) is 157 Å². The van der Waals surface area contributed by atoms with Crippen LogP contribution >= 0.6 is 77.4 Å². The fourth-order valence-electron chi connectivity index (χ4n) is 5.64. The van der Waals surface area contributed by atoms with Crippen molar-refractivity contribution in [3.05, 3.63) is 85.3 Å². The predicted molar refractivity (Wildman–Crippen MR) is 266 cm³/mol. The first-order valence-corrected chi connectivity index (χ1v) is 27.6. The van der Waals surface area contributed by atoms with Gasteiger partial charge in [-0.15, -0.1) is 0 Å². The SMILES string of the molecule is O=CC1(SSC2(C=O)CCOC2)CCOC1.O=CC1CCOC1.O=[N+]([O-])c1ccc(SSC2(CO)CCOC2)nc1.O=[N+]([O-])c1ccc(SSc2ccc([N+](=O)[O-])cn2)nc1.OCC1(S)CCOC1. The molecule has 3 aromatic heterocycles. The smallest absolute Gasteiger partial charge is 0.287 e. The van der Waals surface area contributed by atoms with Crippen molar-refractivity contribution < 1.29 is 63.1 Å². The average Bonchev–Trinajstić information content (AvgIpc) is 4.26. The molecular weight excluding hydrogens is 1040 g/mol. The number of aromatic nitrogens is 3. The molecule has 3 aromatic rings. The zero-order valence-electron chi connectivity index (χ0n) is 36.7. The van der Waals surface area contributed by atoms with E-state index in [-0.39, 0.29) is 45.7 Å². The van der Waals surface area contributed by atoms with Crippen molar-refractivity contribution in [2.24, 2.45) is 5.92 Å². The summed E-state index contributed by atoms with van der Waals surface area (Å²) in [6, 6.07) is 8.81. The Kier molecular flexibility index (Phi) is 25.4. The van der Waals surface area contributed by atoms with Crippen molar-refractivity contribution in [3.63, 3.8) is 0 Å². The van der Waals surface area contributed by atoms with Crippen LogP contribution in [0.1, 0.15) is 32.1 Å². The number of nitro groups is 3. The first kappa shape index (κ1) is 58.4. The molecule has 0 radical (unpaired) electrons. The van der Waals surface area contributed by atoms with Gasteiger partial charge in [0.2, 0.25) is 0 Å². The summed E-state index contributed by atoms with van der Waals surface area (Å²) in [5.41, 5.74) is -0.175. The minimum atomic E-state index is -0.521. The lowest BCUT2D eigenvalue weighted by Crippen LogP contribution is -2.30. The molecule has 5 aliphatic rings. The topological polar surface area (TPSA) is 306 Å². The largest absolute Gasteiger partial charge is 0.395 e. The minimum absolute atomic E-state index is 0.0228. The molecule has 8 heterocycles. The van der Waals surface area contributed by atoms with Gasteiger partial charge in [-0.2, -0.15) is 12.6 Å². The number of aliphatic hydroxyl groups excluding tert-OH is 2. The zero-order chi connectivity index (χ0) is 50.2. The van der Waals surface area contributed by atoms with Gasteiger partial charge in [0.15, 0.2) is 0 Å². The fourth-order valence-corrected chi connectivity index (χ4v) is 13.0. The van der Waals surface area contributed by atoms with E-state index in [0.29, 0.717) is 67.9 Å². The lowest BCUT2D eigenvalue weighted by atomic mass is 10.1. The molecule has 5 saturated heterocycles. The molecule has 5 aliphatic heterocycles. The van der Waals surface area contributed by atoms with E-state index in [2.05, 4.69) is 27.6 Å². The molecule has 5 unspecified atom stereocenters. The molecular formula is C40H50N6O16S7. The second-order valence-electron chi connectivity index (χ2n) is 15.4. The number of pyridine rings is 3. The van der Waals surface area contributed by atoms with Gasteiger partial charge in [0.25, 0.3) is 17.1 Å². The Bertz CT molecular complexity index is 1990. The number of aldehydes is 3. The summed E-state index contributed by atoms with van der Waals surface area (Å²) in [5, 5.41) is 51.3. The molecule has 378 valence electrons. The van der Waals surface area contributed by atoms with Crippen LogP contribution in [0, 0.1) is 36.3 Å². The molecule has 5 fully saturated rings. The first-order valence-electron chi connectivity index (χ1n) is 20.7. The third kappa shape index (κ3) is 19.8. The van der Waals surface area contributed by atoms with Gasteiger partial charge in [-0.1, -0.05) is 32.4 Å². The molecule has 5 atom stereocenters. The summed E-state index contributed by atoms with van der Waals surface area (Å²) in [7, 11) is 8.36. The average molecular weight is 1100 g/mol. The number of thiol groups is 1. The van der Waals surface area contributed by atoms with Crippen LogP contribution in [0.5, 0.6) is 0 Å². The highest BCUT2D eigenvalue weighted by molar-refractivity contribution is 8.78. The summed E-state index contributed by atoms with van der Waals surface area (Å²) in [6.45, 7) is 6.23. The van der Waals surface area contributed by atoms with E-state index < -0.39 is 24.3 Å². The molecule has 0 aromatic carbocycles. The maximum Gasteiger partial charge on any atom is 0.287 e. The van der Waals surface area contributed by atoms with Crippen molar-refractivity contribution in [2.75, 3.05) is 79.3 Å². The second-order valence-corrected chi connectivity index (χ2v) is 24.1. The maximum atomic E-state index is 11.1. The van der Waals surface area contributed by atoms with E-state index >= 15 is 0 Å². The Hall–Kier alpha value is -3.17. The summed E-state index contributed by atoms with van der Waals surface area (Å²) >= 11 is 4.21. The molecule has 69 heavy (non-hydrogen) atoms. The number of ether oxygens (including phenoxy) is 5. The highest BCUT2D eigenvalue weighted by Crippen LogP contribution is 2.49. The van der Waals surface area contributed by atoms with E-state index in [4.69, 9.17) is 28.8 Å². The molecule has 0 bridgehead atoms. The Morgan fingerprint density at radius 3 is 1.32 bits per heavy atom. The third-order valence-corrected chi connectivity index (χ3v) is 19.7. The molecule has 0 saturated carbocycles. The van der Waals surface area contributed by atoms with Crippen molar-refractivity contribution >= 4 is 113 Å². The Morgan fingerprint density at radius 1 is 0.594 bits per heavy atom. The Balaban J connectivity index is 0.000000197. The standard InChI is InChI=1S/C10H6N4O4S2.C10H12N2O4S2.C10H14O4S2.C5H10O2S.C5H8O2/c15-13(16)7-1-3-9(11-5-7)19-20-10-4-2-8(6-12-10)14(17)18;13-6-10(3-4-16-7-10)18-17-9-2-1-8(5-11-9)12(14)15;11-5-9(1-3-13-7-9)15-16-10(6-12)2-4-14-8-10;6-3-5(8)1-2-7-4-5;6-3-5-1-2-7-4-5/h1-6H;1-2,5,13H,3-4,6-7H2;5-6H,1-4,7-8H2;6,8H,1-4H2;3,5H,1-2,4H2. The van der Waals surface area contributed by atoms with Gasteiger partial charge in [-0.05, 0) is 82.7 Å². The van der Waals surface area contributed by atoms with Gasteiger partial charge in [0, 0.05) is 57.2 Å². The number of hydrogen-bond donors (Lipinski definition) is 3. The first-order chi connectivity index (χ1) is 33.2. The van der Waals surface area contributed by atoms with Gasteiger partial charge in [0.05, 0.1) is 70.5 Å². The van der Waals surface area contributed by atoms with E-state index in [1.54, 1.807) is 6.07 Å². The van der Waals surface area contributed by atoms with E-state index in [1.807, 2.05) is 0 Å². The predicted octanol–water partition coefficient (Wildman–Crippen LogP) is 6.35. The normalized spacial score (nSPS) is 25.5. The number of aliphatic hydroxyl groups is 2. The van der Waals surface area contributed by atoms with Crippen LogP contribution in [0.3, 0.4) is 0 Å². The van der Waals surface area contributed by atoms with Crippen LogP contribution in [-0.2, 0) is 38.1 Å². The van der Waals surface area contributed by atoms with Crippen molar-refractivity contribution in [1.82, 2.24) is 15.0 Å². The molecule has 0 spiro atoms. The highest BCUT2D eigenvalue weighted by Gasteiger charge is 2.42. The Morgan fingerprint density at radius 2 is 1.04 bits per heavy atom. The van der Waals surface area contributed by atoms with Crippen LogP contribution in [0.25, 0.3) is 0 Å². The molecule has 0 amide bonds. The number of nitrogens with zero attached hydrogens (tertiary/aromatic N) is 6. The third-order valence-electron chi connectivity index (χ3n) is 10.0. The minimum Gasteiger partial charge on any atom is -0.395 e. The molecule has 2 N–H and O–H groups in total.